The Morgan fingerprint density at radius 1 is 1.18 bits per heavy atom. The van der Waals surface area contributed by atoms with Gasteiger partial charge in [0, 0.05) is 48.9 Å². The molecule has 2 aromatic rings. The normalized spacial score (nSPS) is 19.3. The first-order valence-corrected chi connectivity index (χ1v) is 12.3. The monoisotopic (exact) mass is 469 g/mol. The Balaban J connectivity index is 1.61. The minimum Gasteiger partial charge on any atom is -0.338 e. The Labute approximate surface area is 199 Å². The van der Waals surface area contributed by atoms with E-state index in [1.54, 1.807) is 13.0 Å². The number of anilines is 2. The number of amides is 1. The van der Waals surface area contributed by atoms with Gasteiger partial charge in [-0.25, -0.2) is 8.78 Å². The molecular weight excluding hydrogens is 436 g/mol. The molecule has 6 nitrogen and oxygen atoms in total. The standard InChI is InChI=1S/C26H33F2N5O/c1-4-18-14-19-6-5-10-32(24(19)15-21(18)25(27)28)26-22-16-31(17(2)34)13-9-23(22)33(29-26)20-7-11-30(3)12-8-20/h4,14-15,20,25H,1,5-13,16H2,2-3H3. The average molecular weight is 470 g/mol. The number of fused-ring (bicyclic) bond motifs is 2. The number of nitrogens with zero attached hydrogens (tertiary/aromatic N) is 5. The molecule has 1 amide bonds. The third kappa shape index (κ3) is 4.02. The summed E-state index contributed by atoms with van der Waals surface area (Å²) in [6, 6.07) is 3.81. The van der Waals surface area contributed by atoms with E-state index >= 15 is 0 Å². The molecule has 34 heavy (non-hydrogen) atoms. The molecule has 0 atom stereocenters. The number of alkyl halides is 2. The molecule has 0 radical (unpaired) electrons. The predicted molar refractivity (Wildman–Crippen MR) is 130 cm³/mol. The van der Waals surface area contributed by atoms with Crippen LogP contribution in [0.3, 0.4) is 0 Å². The predicted octanol–water partition coefficient (Wildman–Crippen LogP) is 4.72. The first-order valence-electron chi connectivity index (χ1n) is 12.3. The second-order valence-corrected chi connectivity index (χ2v) is 9.79. The van der Waals surface area contributed by atoms with Gasteiger partial charge in [0.25, 0.3) is 6.43 Å². The summed E-state index contributed by atoms with van der Waals surface area (Å²) in [6.45, 7) is 9.34. The van der Waals surface area contributed by atoms with Crippen LogP contribution in [0.5, 0.6) is 0 Å². The minimum atomic E-state index is -2.57. The number of aryl methyl sites for hydroxylation is 1. The zero-order valence-corrected chi connectivity index (χ0v) is 20.1. The molecule has 5 rings (SSSR count). The van der Waals surface area contributed by atoms with Crippen LogP contribution in [0.4, 0.5) is 20.3 Å². The topological polar surface area (TPSA) is 44.6 Å². The fourth-order valence-corrected chi connectivity index (χ4v) is 5.71. The van der Waals surface area contributed by atoms with Gasteiger partial charge in [-0.1, -0.05) is 12.7 Å². The molecule has 0 unspecified atom stereocenters. The van der Waals surface area contributed by atoms with E-state index in [-0.39, 0.29) is 11.5 Å². The van der Waals surface area contributed by atoms with Crippen molar-refractivity contribution >= 4 is 23.5 Å². The van der Waals surface area contributed by atoms with Crippen molar-refractivity contribution in [1.82, 2.24) is 19.6 Å². The summed E-state index contributed by atoms with van der Waals surface area (Å²) in [4.78, 5) is 18.5. The highest BCUT2D eigenvalue weighted by molar-refractivity contribution is 5.75. The van der Waals surface area contributed by atoms with Gasteiger partial charge in [-0.3, -0.25) is 9.48 Å². The van der Waals surface area contributed by atoms with Crippen molar-refractivity contribution in [2.75, 3.05) is 38.1 Å². The van der Waals surface area contributed by atoms with Crippen LogP contribution in [-0.2, 0) is 24.2 Å². The number of piperidine rings is 1. The lowest BCUT2D eigenvalue weighted by atomic mass is 9.95. The van der Waals surface area contributed by atoms with E-state index in [4.69, 9.17) is 5.10 Å². The molecule has 1 saturated heterocycles. The van der Waals surface area contributed by atoms with Gasteiger partial charge in [0.2, 0.25) is 5.91 Å². The molecular formula is C26H33F2N5O. The zero-order valence-electron chi connectivity index (χ0n) is 20.1. The number of halogens is 2. The summed E-state index contributed by atoms with van der Waals surface area (Å²) in [5, 5.41) is 5.15. The molecule has 3 aliphatic rings. The van der Waals surface area contributed by atoms with Crippen LogP contribution in [0.25, 0.3) is 6.08 Å². The molecule has 182 valence electrons. The van der Waals surface area contributed by atoms with E-state index in [1.165, 1.54) is 11.8 Å². The Morgan fingerprint density at radius 2 is 1.94 bits per heavy atom. The first kappa shape index (κ1) is 23.0. The molecule has 0 bridgehead atoms. The van der Waals surface area contributed by atoms with Gasteiger partial charge in [-0.05, 0) is 69.1 Å². The van der Waals surface area contributed by atoms with E-state index < -0.39 is 6.43 Å². The highest BCUT2D eigenvalue weighted by atomic mass is 19.3. The number of hydrogen-bond acceptors (Lipinski definition) is 4. The SMILES string of the molecule is C=Cc1cc2c(cc1C(F)F)N(c1nn(C3CCN(C)CC3)c3c1CN(C(C)=O)CC3)CCC2. The van der Waals surface area contributed by atoms with E-state index in [0.29, 0.717) is 24.7 Å². The Kier molecular flexibility index (Phi) is 6.18. The second-order valence-electron chi connectivity index (χ2n) is 9.79. The summed E-state index contributed by atoms with van der Waals surface area (Å²) in [6.07, 6.45) is 3.55. The number of rotatable bonds is 4. The first-order chi connectivity index (χ1) is 16.4. The lowest BCUT2D eigenvalue weighted by Crippen LogP contribution is -2.36. The lowest BCUT2D eigenvalue weighted by Gasteiger charge is -2.33. The fourth-order valence-electron chi connectivity index (χ4n) is 5.71. The van der Waals surface area contributed by atoms with Crippen LogP contribution >= 0.6 is 0 Å². The van der Waals surface area contributed by atoms with Crippen molar-refractivity contribution in [2.45, 2.75) is 58.0 Å². The van der Waals surface area contributed by atoms with Crippen molar-refractivity contribution in [3.05, 3.63) is 46.7 Å². The smallest absolute Gasteiger partial charge is 0.264 e. The van der Waals surface area contributed by atoms with E-state index in [1.807, 2.05) is 11.0 Å². The fraction of sp³-hybridized carbons (Fsp3) is 0.538. The van der Waals surface area contributed by atoms with Gasteiger partial charge in [-0.2, -0.15) is 5.10 Å². The Hall–Kier alpha value is -2.74. The second kappa shape index (κ2) is 9.13. The maximum atomic E-state index is 13.9. The summed E-state index contributed by atoms with van der Waals surface area (Å²) in [7, 11) is 2.15. The molecule has 8 heteroatoms. The maximum Gasteiger partial charge on any atom is 0.264 e. The van der Waals surface area contributed by atoms with Crippen LogP contribution in [0.1, 0.15) is 66.6 Å². The van der Waals surface area contributed by atoms with Gasteiger partial charge in [0.1, 0.15) is 0 Å². The van der Waals surface area contributed by atoms with E-state index in [2.05, 4.69) is 28.1 Å². The Bertz CT molecular complexity index is 1100. The summed E-state index contributed by atoms with van der Waals surface area (Å²) in [5.74, 6) is 0.880. The molecule has 0 spiro atoms. The molecule has 0 aliphatic carbocycles. The minimum absolute atomic E-state index is 0.00892. The Morgan fingerprint density at radius 3 is 2.62 bits per heavy atom. The molecule has 1 aromatic carbocycles. The molecule has 0 saturated carbocycles. The molecule has 0 N–H and O–H groups in total. The summed E-state index contributed by atoms with van der Waals surface area (Å²) in [5.41, 5.74) is 4.63. The lowest BCUT2D eigenvalue weighted by molar-refractivity contribution is -0.129. The van der Waals surface area contributed by atoms with Crippen LogP contribution in [0.15, 0.2) is 18.7 Å². The third-order valence-corrected chi connectivity index (χ3v) is 7.66. The highest BCUT2D eigenvalue weighted by Crippen LogP contribution is 2.41. The number of carbonyl (C=O) groups is 1. The van der Waals surface area contributed by atoms with Gasteiger partial charge < -0.3 is 14.7 Å². The van der Waals surface area contributed by atoms with Crippen LogP contribution < -0.4 is 4.90 Å². The molecule has 1 aromatic heterocycles. The van der Waals surface area contributed by atoms with Crippen molar-refractivity contribution in [1.29, 1.82) is 0 Å². The number of likely N-dealkylation sites (tertiary alicyclic amines) is 1. The largest absolute Gasteiger partial charge is 0.338 e. The summed E-state index contributed by atoms with van der Waals surface area (Å²) >= 11 is 0. The van der Waals surface area contributed by atoms with Crippen molar-refractivity contribution < 1.29 is 13.6 Å². The molecule has 1 fully saturated rings. The zero-order chi connectivity index (χ0) is 24.0. The van der Waals surface area contributed by atoms with Gasteiger partial charge >= 0.3 is 0 Å². The van der Waals surface area contributed by atoms with Gasteiger partial charge in [0.05, 0.1) is 12.6 Å². The van der Waals surface area contributed by atoms with Crippen LogP contribution in [0.2, 0.25) is 0 Å². The van der Waals surface area contributed by atoms with Crippen molar-refractivity contribution in [3.8, 4) is 0 Å². The van der Waals surface area contributed by atoms with Crippen molar-refractivity contribution in [2.24, 2.45) is 0 Å². The quantitative estimate of drug-likeness (QED) is 0.650. The van der Waals surface area contributed by atoms with Crippen LogP contribution in [0, 0.1) is 0 Å². The van der Waals surface area contributed by atoms with E-state index in [0.717, 1.165) is 74.4 Å². The van der Waals surface area contributed by atoms with Gasteiger partial charge in [0.15, 0.2) is 5.82 Å². The highest BCUT2D eigenvalue weighted by Gasteiger charge is 2.34. The maximum absolute atomic E-state index is 13.9. The van der Waals surface area contributed by atoms with E-state index in [9.17, 15) is 13.6 Å². The summed E-state index contributed by atoms with van der Waals surface area (Å²) < 4.78 is 29.9. The van der Waals surface area contributed by atoms with Gasteiger partial charge in [-0.15, -0.1) is 0 Å². The number of benzene rings is 1. The third-order valence-electron chi connectivity index (χ3n) is 7.66. The van der Waals surface area contributed by atoms with Crippen LogP contribution in [-0.4, -0.2) is 58.7 Å². The number of hydrogen-bond donors (Lipinski definition) is 0. The van der Waals surface area contributed by atoms with Crippen molar-refractivity contribution in [3.63, 3.8) is 0 Å². The molecule has 3 aliphatic heterocycles. The number of carbonyl (C=O) groups excluding carboxylic acids is 1. The average Bonchev–Trinajstić information content (AvgIpc) is 3.21. The molecule has 4 heterocycles. The number of aromatic nitrogens is 2.